The average molecular weight is 516 g/mol. The van der Waals surface area contributed by atoms with E-state index in [1.165, 1.54) is 4.90 Å². The molecule has 1 fully saturated rings. The van der Waals surface area contributed by atoms with Crippen molar-refractivity contribution in [3.63, 3.8) is 0 Å². The predicted octanol–water partition coefficient (Wildman–Crippen LogP) is 6.10. The highest BCUT2D eigenvalue weighted by molar-refractivity contribution is 5.94. The van der Waals surface area contributed by atoms with Gasteiger partial charge >= 0.3 is 18.4 Å². The molecule has 2 aromatic carbocycles. The van der Waals surface area contributed by atoms with E-state index < -0.39 is 46.6 Å². The summed E-state index contributed by atoms with van der Waals surface area (Å²) in [4.78, 5) is 26.7. The zero-order valence-corrected chi connectivity index (χ0v) is 19.8. The number of likely N-dealkylation sites (tertiary alicyclic amines) is 1. The Kier molecular flexibility index (Phi) is 7.61. The lowest BCUT2D eigenvalue weighted by atomic mass is 9.89. The first kappa shape index (κ1) is 27.3. The molecule has 1 aliphatic heterocycles. The Morgan fingerprint density at radius 1 is 0.917 bits per heavy atom. The van der Waals surface area contributed by atoms with Crippen LogP contribution >= 0.6 is 0 Å². The van der Waals surface area contributed by atoms with Gasteiger partial charge in [-0.1, -0.05) is 30.3 Å². The van der Waals surface area contributed by atoms with Gasteiger partial charge in [-0.3, -0.25) is 4.79 Å². The lowest BCUT2D eigenvalue weighted by molar-refractivity contribution is -0.143. The van der Waals surface area contributed by atoms with E-state index in [2.05, 4.69) is 5.32 Å². The highest BCUT2D eigenvalue weighted by atomic mass is 19.4. The van der Waals surface area contributed by atoms with Crippen molar-refractivity contribution in [1.82, 2.24) is 10.2 Å². The van der Waals surface area contributed by atoms with Gasteiger partial charge in [0.2, 0.25) is 0 Å². The summed E-state index contributed by atoms with van der Waals surface area (Å²) in [5.41, 5.74) is -3.74. The molecule has 1 heterocycles. The van der Waals surface area contributed by atoms with Crippen LogP contribution < -0.4 is 5.32 Å². The van der Waals surface area contributed by atoms with Crippen molar-refractivity contribution >= 4 is 12.0 Å². The van der Waals surface area contributed by atoms with Gasteiger partial charge in [0.15, 0.2) is 0 Å². The molecule has 0 spiro atoms. The minimum Gasteiger partial charge on any atom is -0.444 e. The number of halogens is 6. The number of nitrogens with zero attached hydrogens (tertiary/aromatic N) is 1. The first-order valence-electron chi connectivity index (χ1n) is 11.1. The van der Waals surface area contributed by atoms with E-state index in [-0.39, 0.29) is 37.5 Å². The van der Waals surface area contributed by atoms with Crippen LogP contribution in [0.3, 0.4) is 0 Å². The SMILES string of the molecule is CC(C)(C)OC(=O)N1C[C@@H](CNC(=O)c2cc(C(F)(F)F)cc(C(F)(F)F)c2)[C@H](c2ccccc2)C1. The molecule has 11 heteroatoms. The van der Waals surface area contributed by atoms with Gasteiger partial charge in [0, 0.05) is 37.0 Å². The van der Waals surface area contributed by atoms with Crippen molar-refractivity contribution < 1.29 is 40.7 Å². The normalized spacial score (nSPS) is 18.8. The third-order valence-electron chi connectivity index (χ3n) is 5.70. The van der Waals surface area contributed by atoms with Crippen molar-refractivity contribution in [3.8, 4) is 0 Å². The molecule has 0 radical (unpaired) electrons. The lowest BCUT2D eigenvalue weighted by Crippen LogP contribution is -2.36. The van der Waals surface area contributed by atoms with E-state index in [4.69, 9.17) is 4.74 Å². The minimum absolute atomic E-state index is 0.0299. The third kappa shape index (κ3) is 6.92. The number of amides is 2. The maximum atomic E-state index is 13.2. The van der Waals surface area contributed by atoms with E-state index >= 15 is 0 Å². The zero-order valence-electron chi connectivity index (χ0n) is 19.8. The van der Waals surface area contributed by atoms with Crippen molar-refractivity contribution in [1.29, 1.82) is 0 Å². The molecule has 3 rings (SSSR count). The largest absolute Gasteiger partial charge is 0.444 e. The summed E-state index contributed by atoms with van der Waals surface area (Å²) in [5, 5.41) is 2.45. The first-order valence-corrected chi connectivity index (χ1v) is 11.1. The van der Waals surface area contributed by atoms with E-state index in [0.717, 1.165) is 5.56 Å². The number of benzene rings is 2. The number of hydrogen-bond donors (Lipinski definition) is 1. The molecule has 0 bridgehead atoms. The molecule has 2 amide bonds. The van der Waals surface area contributed by atoms with E-state index in [1.54, 1.807) is 20.8 Å². The summed E-state index contributed by atoms with van der Waals surface area (Å²) < 4.78 is 84.4. The van der Waals surface area contributed by atoms with E-state index in [0.29, 0.717) is 12.1 Å². The van der Waals surface area contributed by atoms with Crippen LogP contribution in [0.1, 0.15) is 53.7 Å². The van der Waals surface area contributed by atoms with Gasteiger partial charge in [0.05, 0.1) is 11.1 Å². The maximum absolute atomic E-state index is 13.2. The highest BCUT2D eigenvalue weighted by Crippen LogP contribution is 2.37. The second-order valence-electron chi connectivity index (χ2n) is 9.67. The monoisotopic (exact) mass is 516 g/mol. The van der Waals surface area contributed by atoms with Crippen LogP contribution in [0.4, 0.5) is 31.1 Å². The molecule has 0 saturated carbocycles. The van der Waals surface area contributed by atoms with Gasteiger partial charge in [-0.05, 0) is 44.5 Å². The second-order valence-corrected chi connectivity index (χ2v) is 9.67. The predicted molar refractivity (Wildman–Crippen MR) is 119 cm³/mol. The second kappa shape index (κ2) is 10.0. The smallest absolute Gasteiger partial charge is 0.416 e. The van der Waals surface area contributed by atoms with Crippen molar-refractivity contribution in [3.05, 3.63) is 70.8 Å². The zero-order chi connectivity index (χ0) is 26.9. The molecule has 0 aromatic heterocycles. The fourth-order valence-corrected chi connectivity index (χ4v) is 4.04. The molecular weight excluding hydrogens is 490 g/mol. The Balaban J connectivity index is 1.81. The topological polar surface area (TPSA) is 58.6 Å². The number of ether oxygens (including phenoxy) is 1. The molecule has 196 valence electrons. The molecule has 1 aliphatic rings. The van der Waals surface area contributed by atoms with Gasteiger partial charge in [-0.25, -0.2) is 4.79 Å². The standard InChI is InChI=1S/C25H26F6N2O3/c1-23(2,3)36-22(35)33-13-17(20(14-33)15-7-5-4-6-8-15)12-32-21(34)16-9-18(24(26,27)28)11-19(10-16)25(29,30)31/h4-11,17,20H,12-14H2,1-3H3,(H,32,34)/t17-,20+/m1/s1. The molecule has 1 N–H and O–H groups in total. The molecule has 2 aromatic rings. The van der Waals surface area contributed by atoms with Crippen LogP contribution in [-0.2, 0) is 17.1 Å². The van der Waals surface area contributed by atoms with Crippen LogP contribution in [0.5, 0.6) is 0 Å². The quantitative estimate of drug-likeness (QED) is 0.500. The molecule has 0 aliphatic carbocycles. The Hall–Kier alpha value is -3.24. The molecule has 5 nitrogen and oxygen atoms in total. The summed E-state index contributed by atoms with van der Waals surface area (Å²) in [6, 6.07) is 9.87. The van der Waals surface area contributed by atoms with Crippen LogP contribution in [0.15, 0.2) is 48.5 Å². The Bertz CT molecular complexity index is 1060. The summed E-state index contributed by atoms with van der Waals surface area (Å²) in [7, 11) is 0. The van der Waals surface area contributed by atoms with Gasteiger partial charge in [-0.15, -0.1) is 0 Å². The fourth-order valence-electron chi connectivity index (χ4n) is 4.04. The summed E-state index contributed by atoms with van der Waals surface area (Å²) in [5.74, 6) is -1.66. The minimum atomic E-state index is -5.06. The average Bonchev–Trinajstić information content (AvgIpc) is 3.20. The molecule has 2 atom stereocenters. The first-order chi connectivity index (χ1) is 16.5. The fraction of sp³-hybridized carbons (Fsp3) is 0.440. The number of carbonyl (C=O) groups is 2. The molecular formula is C25H26F6N2O3. The van der Waals surface area contributed by atoms with Crippen LogP contribution in [0.25, 0.3) is 0 Å². The van der Waals surface area contributed by atoms with Crippen molar-refractivity contribution in [2.24, 2.45) is 5.92 Å². The number of carbonyl (C=O) groups excluding carboxylic acids is 2. The van der Waals surface area contributed by atoms with Crippen molar-refractivity contribution in [2.45, 2.75) is 44.6 Å². The summed E-state index contributed by atoms with van der Waals surface area (Å²) >= 11 is 0. The van der Waals surface area contributed by atoms with Gasteiger partial charge in [0.25, 0.3) is 5.91 Å². The van der Waals surface area contributed by atoms with E-state index in [9.17, 15) is 35.9 Å². The summed E-state index contributed by atoms with van der Waals surface area (Å²) in [6.45, 7) is 5.55. The molecule has 36 heavy (non-hydrogen) atoms. The maximum Gasteiger partial charge on any atom is 0.416 e. The van der Waals surface area contributed by atoms with Gasteiger partial charge < -0.3 is 15.0 Å². The van der Waals surface area contributed by atoms with Crippen LogP contribution in [0, 0.1) is 5.92 Å². The Morgan fingerprint density at radius 3 is 1.97 bits per heavy atom. The summed E-state index contributed by atoms with van der Waals surface area (Å²) in [6.07, 6.45) is -10.7. The highest BCUT2D eigenvalue weighted by Gasteiger charge is 2.39. The van der Waals surface area contributed by atoms with Gasteiger partial charge in [0.1, 0.15) is 5.60 Å². The van der Waals surface area contributed by atoms with Crippen LogP contribution in [-0.4, -0.2) is 42.1 Å². The third-order valence-corrected chi connectivity index (χ3v) is 5.70. The number of rotatable bonds is 4. The Morgan fingerprint density at radius 2 is 1.47 bits per heavy atom. The number of hydrogen-bond acceptors (Lipinski definition) is 3. The van der Waals surface area contributed by atoms with Gasteiger partial charge in [-0.2, -0.15) is 26.3 Å². The van der Waals surface area contributed by atoms with Crippen LogP contribution in [0.2, 0.25) is 0 Å². The number of alkyl halides is 6. The lowest BCUT2D eigenvalue weighted by Gasteiger charge is -2.24. The number of nitrogens with one attached hydrogen (secondary N) is 1. The van der Waals surface area contributed by atoms with E-state index in [1.807, 2.05) is 30.3 Å². The Labute approximate surface area is 204 Å². The molecule has 0 unspecified atom stereocenters. The molecule has 1 saturated heterocycles. The van der Waals surface area contributed by atoms with Crippen molar-refractivity contribution in [2.75, 3.05) is 19.6 Å².